The van der Waals surface area contributed by atoms with Crippen LogP contribution < -0.4 is 10.6 Å². The molecule has 2 N–H and O–H groups in total. The highest BCUT2D eigenvalue weighted by molar-refractivity contribution is 7.23. The Morgan fingerprint density at radius 3 is 2.92 bits per heavy atom. The van der Waals surface area contributed by atoms with Gasteiger partial charge in [-0.15, -0.1) is 11.3 Å². The van der Waals surface area contributed by atoms with Crippen LogP contribution in [0, 0.1) is 0 Å². The van der Waals surface area contributed by atoms with Crippen LogP contribution in [-0.4, -0.2) is 21.2 Å². The van der Waals surface area contributed by atoms with Crippen molar-refractivity contribution in [2.24, 2.45) is 0 Å². The fourth-order valence-electron chi connectivity index (χ4n) is 2.34. The lowest BCUT2D eigenvalue weighted by Gasteiger charge is -2.03. The molecule has 0 aliphatic rings. The number of aromatic nitrogens is 3. The summed E-state index contributed by atoms with van der Waals surface area (Å²) in [5.74, 6) is 0.712. The summed E-state index contributed by atoms with van der Waals surface area (Å²) in [5.41, 5.74) is 0.740. The van der Waals surface area contributed by atoms with Gasteiger partial charge in [0.05, 0.1) is 11.6 Å². The van der Waals surface area contributed by atoms with Crippen molar-refractivity contribution in [2.75, 3.05) is 5.32 Å². The largest absolute Gasteiger partial charge is 0.337 e. The van der Waals surface area contributed by atoms with Gasteiger partial charge in [0, 0.05) is 28.0 Å². The molecule has 4 aromatic rings. The summed E-state index contributed by atoms with van der Waals surface area (Å²) in [6.07, 6.45) is 3.30. The molecule has 1 aromatic carbocycles. The van der Waals surface area contributed by atoms with E-state index in [9.17, 15) is 4.79 Å². The van der Waals surface area contributed by atoms with Gasteiger partial charge in [0.2, 0.25) is 11.7 Å². The van der Waals surface area contributed by atoms with Gasteiger partial charge in [-0.05, 0) is 18.2 Å². The summed E-state index contributed by atoms with van der Waals surface area (Å²) in [6, 6.07) is 10.9. The number of benzene rings is 1. The summed E-state index contributed by atoms with van der Waals surface area (Å²) in [7, 11) is 0. The molecule has 0 fully saturated rings. The molecule has 0 spiro atoms. The molecule has 9 heteroatoms. The van der Waals surface area contributed by atoms with E-state index in [2.05, 4.69) is 25.8 Å². The Balaban J connectivity index is 1.40. The molecular formula is C17H12ClN5O2S. The van der Waals surface area contributed by atoms with Crippen molar-refractivity contribution < 1.29 is 9.32 Å². The van der Waals surface area contributed by atoms with Crippen LogP contribution in [0.5, 0.6) is 0 Å². The molecule has 0 saturated carbocycles. The van der Waals surface area contributed by atoms with Crippen molar-refractivity contribution in [3.63, 3.8) is 0 Å². The van der Waals surface area contributed by atoms with Crippen molar-refractivity contribution in [1.82, 2.24) is 20.4 Å². The van der Waals surface area contributed by atoms with Crippen molar-refractivity contribution in [3.8, 4) is 11.4 Å². The van der Waals surface area contributed by atoms with Crippen LogP contribution in [-0.2, 0) is 6.54 Å². The third kappa shape index (κ3) is 3.37. The van der Waals surface area contributed by atoms with E-state index in [1.807, 2.05) is 30.3 Å². The smallest absolute Gasteiger partial charge is 0.320 e. The van der Waals surface area contributed by atoms with E-state index in [1.165, 1.54) is 11.3 Å². The highest BCUT2D eigenvalue weighted by Crippen LogP contribution is 2.39. The molecule has 3 heterocycles. The Morgan fingerprint density at radius 1 is 1.23 bits per heavy atom. The fourth-order valence-corrected chi connectivity index (χ4v) is 3.71. The second-order valence-corrected chi connectivity index (χ2v) is 6.73. The summed E-state index contributed by atoms with van der Waals surface area (Å²) < 4.78 is 6.14. The Bertz CT molecular complexity index is 1060. The lowest BCUT2D eigenvalue weighted by atomic mass is 10.3. The number of nitrogens with one attached hydrogen (secondary N) is 2. The van der Waals surface area contributed by atoms with Crippen LogP contribution in [0.1, 0.15) is 5.89 Å². The van der Waals surface area contributed by atoms with E-state index in [4.69, 9.17) is 16.1 Å². The number of urea groups is 1. The predicted molar refractivity (Wildman–Crippen MR) is 100 cm³/mol. The number of hydrogen-bond acceptors (Lipinski definition) is 6. The Labute approximate surface area is 157 Å². The van der Waals surface area contributed by atoms with E-state index < -0.39 is 6.03 Å². The molecule has 0 unspecified atom stereocenters. The molecule has 0 saturated heterocycles. The minimum absolute atomic E-state index is 0.0988. The van der Waals surface area contributed by atoms with Gasteiger partial charge in [0.25, 0.3) is 0 Å². The highest BCUT2D eigenvalue weighted by atomic mass is 35.5. The molecule has 0 radical (unpaired) electrons. The zero-order chi connectivity index (χ0) is 17.9. The third-order valence-electron chi connectivity index (χ3n) is 3.55. The number of thiophene rings is 1. The van der Waals surface area contributed by atoms with Gasteiger partial charge in [0.15, 0.2) is 0 Å². The molecule has 26 heavy (non-hydrogen) atoms. The first-order valence-electron chi connectivity index (χ1n) is 7.65. The van der Waals surface area contributed by atoms with Gasteiger partial charge >= 0.3 is 6.03 Å². The van der Waals surface area contributed by atoms with Crippen LogP contribution in [0.25, 0.3) is 21.5 Å². The van der Waals surface area contributed by atoms with E-state index in [1.54, 1.807) is 18.5 Å². The van der Waals surface area contributed by atoms with Gasteiger partial charge in [0.1, 0.15) is 5.00 Å². The first kappa shape index (κ1) is 16.5. The van der Waals surface area contributed by atoms with Gasteiger partial charge in [-0.3, -0.25) is 10.3 Å². The number of nitrogens with zero attached hydrogens (tertiary/aromatic N) is 3. The highest BCUT2D eigenvalue weighted by Gasteiger charge is 2.14. The van der Waals surface area contributed by atoms with Crippen molar-refractivity contribution in [1.29, 1.82) is 0 Å². The number of pyridine rings is 1. The molecule has 3 aromatic heterocycles. The summed E-state index contributed by atoms with van der Waals surface area (Å²) in [6.45, 7) is 0.0988. The number of anilines is 1. The minimum Gasteiger partial charge on any atom is -0.337 e. The Kier molecular flexibility index (Phi) is 4.51. The zero-order valence-electron chi connectivity index (χ0n) is 13.3. The van der Waals surface area contributed by atoms with Gasteiger partial charge in [-0.2, -0.15) is 4.98 Å². The number of rotatable bonds is 4. The second-order valence-electron chi connectivity index (χ2n) is 5.30. The number of hydrogen-bond donors (Lipinski definition) is 2. The molecule has 130 valence electrons. The minimum atomic E-state index is -0.403. The fraction of sp³-hybridized carbons (Fsp3) is 0.0588. The number of carbonyl (C=O) groups is 1. The average molecular weight is 386 g/mol. The first-order chi connectivity index (χ1) is 12.7. The molecular weight excluding hydrogens is 374 g/mol. The monoisotopic (exact) mass is 385 g/mol. The van der Waals surface area contributed by atoms with Crippen LogP contribution in [0.3, 0.4) is 0 Å². The average Bonchev–Trinajstić information content (AvgIpc) is 3.27. The molecule has 2 amide bonds. The first-order valence-corrected chi connectivity index (χ1v) is 8.85. The van der Waals surface area contributed by atoms with Crippen molar-refractivity contribution in [2.45, 2.75) is 6.54 Å². The van der Waals surface area contributed by atoms with E-state index >= 15 is 0 Å². The van der Waals surface area contributed by atoms with Gasteiger partial charge < -0.3 is 9.84 Å². The van der Waals surface area contributed by atoms with E-state index in [-0.39, 0.29) is 6.54 Å². The number of halogens is 1. The lowest BCUT2D eigenvalue weighted by molar-refractivity contribution is 0.250. The van der Waals surface area contributed by atoms with Crippen molar-refractivity contribution in [3.05, 3.63) is 59.7 Å². The second kappa shape index (κ2) is 7.11. The maximum Gasteiger partial charge on any atom is 0.320 e. The van der Waals surface area contributed by atoms with Gasteiger partial charge in [-0.25, -0.2) is 4.79 Å². The molecule has 0 bridgehead atoms. The maximum atomic E-state index is 12.1. The normalized spacial score (nSPS) is 10.8. The summed E-state index contributed by atoms with van der Waals surface area (Å²) in [5, 5.41) is 11.3. The SMILES string of the molecule is O=C(NCc1nc(-c2cccnc2)no1)Nc1sc2ccccc2c1Cl. The number of carbonyl (C=O) groups excluding carboxylic acids is 1. The third-order valence-corrected chi connectivity index (χ3v) is 5.14. The van der Waals surface area contributed by atoms with Crippen LogP contribution in [0.4, 0.5) is 9.80 Å². The molecule has 4 rings (SSSR count). The van der Waals surface area contributed by atoms with Crippen LogP contribution >= 0.6 is 22.9 Å². The van der Waals surface area contributed by atoms with E-state index in [0.29, 0.717) is 21.7 Å². The van der Waals surface area contributed by atoms with Gasteiger partial charge in [-0.1, -0.05) is 35.0 Å². The molecule has 0 aliphatic heterocycles. The Morgan fingerprint density at radius 2 is 2.12 bits per heavy atom. The summed E-state index contributed by atoms with van der Waals surface area (Å²) in [4.78, 5) is 20.4. The molecule has 7 nitrogen and oxygen atoms in total. The lowest BCUT2D eigenvalue weighted by Crippen LogP contribution is -2.28. The quantitative estimate of drug-likeness (QED) is 0.545. The predicted octanol–water partition coefficient (Wildman–Crippen LogP) is 4.32. The standard InChI is InChI=1S/C17H12ClN5O2S/c18-14-11-5-1-2-6-12(11)26-16(14)22-17(24)20-9-13-21-15(23-25-13)10-4-3-7-19-8-10/h1-8H,9H2,(H2,20,22,24). The van der Waals surface area contributed by atoms with Crippen LogP contribution in [0.2, 0.25) is 5.02 Å². The van der Waals surface area contributed by atoms with Crippen molar-refractivity contribution >= 4 is 44.1 Å². The zero-order valence-corrected chi connectivity index (χ0v) is 14.8. The number of amides is 2. The summed E-state index contributed by atoms with van der Waals surface area (Å²) >= 11 is 7.72. The molecule has 0 aliphatic carbocycles. The Hall–Kier alpha value is -2.97. The van der Waals surface area contributed by atoms with Crippen LogP contribution in [0.15, 0.2) is 53.3 Å². The topological polar surface area (TPSA) is 92.9 Å². The maximum absolute atomic E-state index is 12.1. The molecule has 0 atom stereocenters. The van der Waals surface area contributed by atoms with E-state index in [0.717, 1.165) is 15.6 Å². The number of fused-ring (bicyclic) bond motifs is 1.